The summed E-state index contributed by atoms with van der Waals surface area (Å²) in [7, 11) is 0. The van der Waals surface area contributed by atoms with Crippen LogP contribution in [-0.4, -0.2) is 0 Å². The molecule has 89 heavy (non-hydrogen) atoms. The minimum Gasteiger partial charge on any atom is -0.309 e. The van der Waals surface area contributed by atoms with Crippen LogP contribution in [0.1, 0.15) is 99.9 Å². The van der Waals surface area contributed by atoms with Crippen molar-refractivity contribution in [3.05, 3.63) is 275 Å². The number of hydrogen-bond donors (Lipinski definition) is 0. The fourth-order valence-corrected chi connectivity index (χ4v) is 20.9. The quantitative estimate of drug-likeness (QED) is 0.173. The van der Waals surface area contributed by atoms with E-state index in [2.05, 4.69) is 296 Å². The van der Waals surface area contributed by atoms with Crippen molar-refractivity contribution in [3.63, 3.8) is 0 Å². The third-order valence-corrected chi connectivity index (χ3v) is 25.3. The molecule has 0 aliphatic carbocycles. The molecule has 19 rings (SSSR count). The minimum absolute atomic E-state index is 0.215. The third-order valence-electron chi connectivity index (χ3n) is 21.4. The summed E-state index contributed by atoms with van der Waals surface area (Å²) < 4.78 is 8.01. The van der Waals surface area contributed by atoms with Gasteiger partial charge in [-0.2, -0.15) is 0 Å². The molecule has 12 aromatic carbocycles. The van der Waals surface area contributed by atoms with Crippen molar-refractivity contribution in [2.24, 2.45) is 0 Å². The number of anilines is 6. The van der Waals surface area contributed by atoms with Crippen LogP contribution in [-0.2, 0) is 21.7 Å². The van der Waals surface area contributed by atoms with Gasteiger partial charge in [-0.1, -0.05) is 237 Å². The predicted octanol–water partition coefficient (Wildman–Crippen LogP) is 25.0. The number of para-hydroxylation sites is 4. The summed E-state index contributed by atoms with van der Waals surface area (Å²) >= 11 is 5.89. The van der Waals surface area contributed by atoms with E-state index >= 15 is 0 Å². The molecule has 0 fully saturated rings. The third kappa shape index (κ3) is 6.75. The lowest BCUT2D eigenvalue weighted by Crippen LogP contribution is -2.38. The van der Waals surface area contributed by atoms with Crippen LogP contribution in [0.3, 0.4) is 0 Å². The first-order valence-corrected chi connectivity index (χ1v) is 33.8. The molecule has 3 aromatic heterocycles. The summed E-state index contributed by atoms with van der Waals surface area (Å²) in [5, 5.41) is 7.87. The van der Waals surface area contributed by atoms with Gasteiger partial charge in [0.2, 0.25) is 0 Å². The van der Waals surface area contributed by atoms with E-state index in [-0.39, 0.29) is 21.7 Å². The van der Waals surface area contributed by atoms with Gasteiger partial charge in [0, 0.05) is 104 Å². The van der Waals surface area contributed by atoms with Gasteiger partial charge >= 0.3 is 0 Å². The van der Waals surface area contributed by atoms with E-state index < -0.39 is 0 Å². The van der Waals surface area contributed by atoms with Gasteiger partial charge in [0.05, 0.1) is 34.1 Å². The van der Waals surface area contributed by atoms with Crippen LogP contribution < -0.4 is 9.80 Å². The molecule has 0 amide bonds. The van der Waals surface area contributed by atoms with Crippen LogP contribution in [0, 0.1) is 0 Å². The molecule has 426 valence electrons. The van der Waals surface area contributed by atoms with Gasteiger partial charge in [-0.05, 0) is 115 Å². The summed E-state index contributed by atoms with van der Waals surface area (Å²) in [6.45, 7) is 19.4. The van der Waals surface area contributed by atoms with Crippen LogP contribution in [0.5, 0.6) is 0 Å². The molecule has 15 aromatic rings. The molecule has 0 atom stereocenters. The van der Waals surface area contributed by atoms with Gasteiger partial charge in [0.15, 0.2) is 0 Å². The van der Waals surface area contributed by atoms with E-state index in [0.717, 1.165) is 0 Å². The van der Waals surface area contributed by atoms with E-state index in [4.69, 9.17) is 0 Å². The molecule has 7 heterocycles. The maximum absolute atomic E-state index is 2.57. The Morgan fingerprint density at radius 3 is 0.685 bits per heavy atom. The molecule has 2 nitrogen and oxygen atoms in total. The fraction of sp³-hybridized carbons (Fsp3) is 0.143. The smallest absolute Gasteiger partial charge is 0.0544 e. The van der Waals surface area contributed by atoms with Crippen molar-refractivity contribution in [2.75, 3.05) is 9.80 Å². The Morgan fingerprint density at radius 1 is 0.225 bits per heavy atom. The normalized spacial score (nSPS) is 16.0. The Morgan fingerprint density at radius 2 is 0.438 bits per heavy atom. The van der Waals surface area contributed by atoms with Gasteiger partial charge in [-0.15, -0.1) is 34.0 Å². The summed E-state index contributed by atoms with van der Waals surface area (Å²) in [5.41, 5.74) is 28.3. The molecule has 0 N–H and O–H groups in total. The summed E-state index contributed by atoms with van der Waals surface area (Å²) in [6.07, 6.45) is 0. The molecule has 0 radical (unpaired) electrons. The lowest BCUT2D eigenvalue weighted by Gasteiger charge is -2.49. The van der Waals surface area contributed by atoms with E-state index in [0.29, 0.717) is 0 Å². The molecule has 5 heteroatoms. The highest BCUT2D eigenvalue weighted by molar-refractivity contribution is 7.28. The van der Waals surface area contributed by atoms with E-state index in [9.17, 15) is 0 Å². The molecular weight excluding hydrogens is 1130 g/mol. The molecule has 4 aliphatic rings. The zero-order valence-corrected chi connectivity index (χ0v) is 53.5. The second kappa shape index (κ2) is 17.8. The summed E-state index contributed by atoms with van der Waals surface area (Å²) in [6, 6.07) is 88.6. The highest BCUT2D eigenvalue weighted by Crippen LogP contribution is 2.64. The summed E-state index contributed by atoms with van der Waals surface area (Å²) in [4.78, 5) is 5.14. The molecule has 0 unspecified atom stereocenters. The number of hydrogen-bond acceptors (Lipinski definition) is 5. The monoisotopic (exact) mass is 1190 g/mol. The van der Waals surface area contributed by atoms with Crippen molar-refractivity contribution < 1.29 is 0 Å². The topological polar surface area (TPSA) is 6.48 Å². The Labute approximate surface area is 531 Å². The van der Waals surface area contributed by atoms with Crippen molar-refractivity contribution in [1.82, 2.24) is 0 Å². The zero-order chi connectivity index (χ0) is 59.8. The van der Waals surface area contributed by atoms with Crippen LogP contribution in [0.2, 0.25) is 0 Å². The molecule has 0 saturated carbocycles. The number of benzene rings is 12. The van der Waals surface area contributed by atoms with Crippen molar-refractivity contribution in [1.29, 1.82) is 0 Å². The first-order chi connectivity index (χ1) is 43.2. The van der Waals surface area contributed by atoms with Gasteiger partial charge in [0.25, 0.3) is 0 Å². The zero-order valence-electron chi connectivity index (χ0n) is 51.1. The Kier molecular flexibility index (Phi) is 10.4. The van der Waals surface area contributed by atoms with Gasteiger partial charge < -0.3 is 9.80 Å². The molecular formula is C84H62N2S3. The number of nitrogens with zero attached hydrogens (tertiary/aromatic N) is 2. The Bertz CT molecular complexity index is 5150. The molecule has 0 saturated heterocycles. The van der Waals surface area contributed by atoms with E-state index in [1.807, 2.05) is 34.0 Å². The standard InChI is InChI=1S/C84H62N2S3/c1-81(2)61-35-9-13-39-69(61)85-70-40-14-10-36-62(70)82(3,4)66-44-47(43-65(81)73(66)85)49-23-17-25-51-53-27-19-29-55(77(53)87-75(49)51)57-31-21-33-59-60-34-22-32-58(80(60)89-79(57)59)56-30-20-28-54-52-26-18-24-50(76(52)88-78(54)56)48-45-67-74-68(46-48)84(7,8)64-38-12-16-42-72(64)86(74)71-41-15-11-37-63(71)83(67,5)6/h9-46H,1-8H3. The van der Waals surface area contributed by atoms with Crippen LogP contribution >= 0.6 is 34.0 Å². The van der Waals surface area contributed by atoms with Gasteiger partial charge in [-0.3, -0.25) is 0 Å². The number of rotatable bonds is 4. The van der Waals surface area contributed by atoms with Crippen LogP contribution in [0.25, 0.3) is 105 Å². The maximum atomic E-state index is 2.57. The fourth-order valence-electron chi connectivity index (χ4n) is 16.8. The second-order valence-corrected chi connectivity index (χ2v) is 30.5. The van der Waals surface area contributed by atoms with E-state index in [1.165, 1.54) is 184 Å². The Balaban J connectivity index is 0.754. The van der Waals surface area contributed by atoms with E-state index in [1.54, 1.807) is 0 Å². The van der Waals surface area contributed by atoms with Crippen LogP contribution in [0.15, 0.2) is 231 Å². The van der Waals surface area contributed by atoms with Crippen molar-refractivity contribution >= 4 is 129 Å². The highest BCUT2D eigenvalue weighted by Gasteiger charge is 2.48. The predicted molar refractivity (Wildman–Crippen MR) is 385 cm³/mol. The average molecular weight is 1200 g/mol. The second-order valence-electron chi connectivity index (χ2n) is 27.5. The SMILES string of the molecule is CC1(C)c2ccccc2N2c3ccccc3C(C)(C)c3cc(-c4cccc5c4sc4c(-c6cccc7c6sc6c(-c8cccc9c8sc8c(-c%10cc%11c%12c(c%10)C(C)(C)c%10ccccc%10N%12c%10ccccc%10C%11(C)C)cccc89)cccc67)cccc45)cc1c32. The molecule has 0 bridgehead atoms. The van der Waals surface area contributed by atoms with Gasteiger partial charge in [-0.25, -0.2) is 0 Å². The average Bonchev–Trinajstić information content (AvgIpc) is 1.44. The highest BCUT2D eigenvalue weighted by atomic mass is 32.1. The Hall–Kier alpha value is -9.10. The van der Waals surface area contributed by atoms with Crippen LogP contribution in [0.4, 0.5) is 34.1 Å². The largest absolute Gasteiger partial charge is 0.309 e. The molecule has 4 aliphatic heterocycles. The minimum atomic E-state index is -0.215. The lowest BCUT2D eigenvalue weighted by atomic mass is 9.65. The molecule has 0 spiro atoms. The first kappa shape index (κ1) is 51.9. The van der Waals surface area contributed by atoms with Crippen molar-refractivity contribution in [2.45, 2.75) is 77.0 Å². The van der Waals surface area contributed by atoms with Gasteiger partial charge in [0.1, 0.15) is 0 Å². The first-order valence-electron chi connectivity index (χ1n) is 31.4. The summed E-state index contributed by atoms with van der Waals surface area (Å²) in [5.74, 6) is 0. The number of thiophene rings is 3. The lowest BCUT2D eigenvalue weighted by molar-refractivity contribution is 0.597. The maximum Gasteiger partial charge on any atom is 0.0544 e. The van der Waals surface area contributed by atoms with Crippen molar-refractivity contribution in [3.8, 4) is 44.5 Å². The number of fused-ring (bicyclic) bond motifs is 17.